The zero-order chi connectivity index (χ0) is 14.0. The van der Waals surface area contributed by atoms with E-state index >= 15 is 0 Å². The lowest BCUT2D eigenvalue weighted by atomic mass is 9.79. The van der Waals surface area contributed by atoms with Crippen LogP contribution in [0.15, 0.2) is 11.6 Å². The standard InChI is InChI=1S/C15H23FN2O/c1-10(19-9-17)5-11-6-12(8-15(2)3-4-15)13(16)7-14(11)18/h6,10,12-14H,3-5,7-8,18H2,1-2H3. The maximum absolute atomic E-state index is 14.1. The number of allylic oxidation sites excluding steroid dienone is 1. The topological polar surface area (TPSA) is 59.0 Å². The average molecular weight is 266 g/mol. The molecule has 106 valence electrons. The fourth-order valence-corrected chi connectivity index (χ4v) is 2.93. The van der Waals surface area contributed by atoms with Gasteiger partial charge in [0, 0.05) is 18.4 Å². The van der Waals surface area contributed by atoms with Crippen LogP contribution in [0.1, 0.15) is 46.0 Å². The van der Waals surface area contributed by atoms with Crippen LogP contribution in [0.4, 0.5) is 4.39 Å². The van der Waals surface area contributed by atoms with Gasteiger partial charge in [0.2, 0.25) is 0 Å². The van der Waals surface area contributed by atoms with Gasteiger partial charge in [0.1, 0.15) is 12.3 Å². The summed E-state index contributed by atoms with van der Waals surface area (Å²) in [5.41, 5.74) is 7.40. The van der Waals surface area contributed by atoms with E-state index in [0.29, 0.717) is 18.3 Å². The first kappa shape index (κ1) is 14.3. The van der Waals surface area contributed by atoms with Crippen molar-refractivity contribution in [3.63, 3.8) is 0 Å². The van der Waals surface area contributed by atoms with Gasteiger partial charge in [-0.25, -0.2) is 4.39 Å². The summed E-state index contributed by atoms with van der Waals surface area (Å²) in [6, 6.07) is -0.233. The van der Waals surface area contributed by atoms with E-state index in [1.807, 2.05) is 13.0 Å². The number of nitriles is 1. The van der Waals surface area contributed by atoms with E-state index in [4.69, 9.17) is 15.7 Å². The maximum atomic E-state index is 14.1. The SMILES string of the molecule is CC(CC1=CC(CC2(C)CC2)C(F)CC1N)OC#N. The van der Waals surface area contributed by atoms with Crippen molar-refractivity contribution >= 4 is 0 Å². The predicted molar refractivity (Wildman–Crippen MR) is 71.8 cm³/mol. The summed E-state index contributed by atoms with van der Waals surface area (Å²) < 4.78 is 19.0. The Bertz CT molecular complexity index is 397. The largest absolute Gasteiger partial charge is 0.424 e. The summed E-state index contributed by atoms with van der Waals surface area (Å²) in [5, 5.41) is 8.50. The van der Waals surface area contributed by atoms with Crippen LogP contribution >= 0.6 is 0 Å². The summed E-state index contributed by atoms with van der Waals surface area (Å²) in [5.74, 6) is -0.0171. The lowest BCUT2D eigenvalue weighted by molar-refractivity contribution is 0.165. The number of hydrogen-bond donors (Lipinski definition) is 1. The van der Waals surface area contributed by atoms with Gasteiger partial charge in [0.05, 0.1) is 0 Å². The summed E-state index contributed by atoms with van der Waals surface area (Å²) in [4.78, 5) is 0. The van der Waals surface area contributed by atoms with E-state index in [-0.39, 0.29) is 18.1 Å². The van der Waals surface area contributed by atoms with Crippen molar-refractivity contribution < 1.29 is 9.13 Å². The zero-order valence-electron chi connectivity index (χ0n) is 11.7. The minimum absolute atomic E-state index is 0.0171. The quantitative estimate of drug-likeness (QED) is 0.614. The Morgan fingerprint density at radius 3 is 2.89 bits per heavy atom. The molecule has 2 aliphatic carbocycles. The Hall–Kier alpha value is -1.08. The molecule has 4 unspecified atom stereocenters. The first-order valence-corrected chi connectivity index (χ1v) is 7.08. The van der Waals surface area contributed by atoms with Gasteiger partial charge in [-0.1, -0.05) is 18.6 Å². The number of hydrogen-bond acceptors (Lipinski definition) is 3. The molecule has 1 saturated carbocycles. The average Bonchev–Trinajstić information content (AvgIpc) is 3.03. The molecule has 1 fully saturated rings. The Balaban J connectivity index is 2.02. The summed E-state index contributed by atoms with van der Waals surface area (Å²) in [6.45, 7) is 4.07. The highest BCUT2D eigenvalue weighted by Gasteiger charge is 2.42. The molecular formula is C15H23FN2O. The van der Waals surface area contributed by atoms with Crippen LogP contribution in [0.3, 0.4) is 0 Å². The van der Waals surface area contributed by atoms with E-state index in [9.17, 15) is 4.39 Å². The minimum atomic E-state index is -0.830. The van der Waals surface area contributed by atoms with E-state index in [0.717, 1.165) is 12.0 Å². The molecule has 0 bridgehead atoms. The summed E-state index contributed by atoms with van der Waals surface area (Å²) in [6.07, 6.45) is 7.04. The molecule has 0 saturated heterocycles. The summed E-state index contributed by atoms with van der Waals surface area (Å²) in [7, 11) is 0. The van der Waals surface area contributed by atoms with Gasteiger partial charge in [-0.2, -0.15) is 5.26 Å². The Morgan fingerprint density at radius 2 is 2.32 bits per heavy atom. The van der Waals surface area contributed by atoms with Gasteiger partial charge >= 0.3 is 0 Å². The molecular weight excluding hydrogens is 243 g/mol. The molecule has 3 nitrogen and oxygen atoms in total. The number of halogens is 1. The number of alkyl halides is 1. The van der Waals surface area contributed by atoms with Crippen LogP contribution < -0.4 is 5.73 Å². The maximum Gasteiger partial charge on any atom is 0.286 e. The Morgan fingerprint density at radius 1 is 1.63 bits per heavy atom. The van der Waals surface area contributed by atoms with Crippen molar-refractivity contribution in [2.45, 2.75) is 64.3 Å². The third kappa shape index (κ3) is 3.70. The molecule has 0 aromatic heterocycles. The number of nitrogens with zero attached hydrogens (tertiary/aromatic N) is 1. The smallest absolute Gasteiger partial charge is 0.286 e. The molecule has 19 heavy (non-hydrogen) atoms. The minimum Gasteiger partial charge on any atom is -0.424 e. The first-order valence-electron chi connectivity index (χ1n) is 7.08. The molecule has 0 radical (unpaired) electrons. The van der Waals surface area contributed by atoms with Crippen LogP contribution in [0.5, 0.6) is 0 Å². The highest BCUT2D eigenvalue weighted by atomic mass is 19.1. The van der Waals surface area contributed by atoms with Crippen LogP contribution in [0.25, 0.3) is 0 Å². The van der Waals surface area contributed by atoms with Crippen molar-refractivity contribution in [1.29, 1.82) is 5.26 Å². The lowest BCUT2D eigenvalue weighted by Gasteiger charge is -2.31. The molecule has 4 heteroatoms. The number of nitrogens with two attached hydrogens (primary N) is 1. The fraction of sp³-hybridized carbons (Fsp3) is 0.800. The third-order valence-corrected chi connectivity index (χ3v) is 4.46. The molecule has 0 aromatic carbocycles. The number of ether oxygens (including phenoxy) is 1. The normalized spacial score (nSPS) is 34.1. The second-order valence-electron chi connectivity index (χ2n) is 6.50. The van der Waals surface area contributed by atoms with E-state index < -0.39 is 6.17 Å². The molecule has 0 spiro atoms. The lowest BCUT2D eigenvalue weighted by Crippen LogP contribution is -2.36. The second-order valence-corrected chi connectivity index (χ2v) is 6.50. The van der Waals surface area contributed by atoms with Gasteiger partial charge in [0.15, 0.2) is 0 Å². The van der Waals surface area contributed by atoms with Crippen LogP contribution in [0.2, 0.25) is 0 Å². The van der Waals surface area contributed by atoms with Crippen LogP contribution in [0, 0.1) is 22.9 Å². The van der Waals surface area contributed by atoms with Gasteiger partial charge in [-0.05, 0) is 38.0 Å². The zero-order valence-corrected chi connectivity index (χ0v) is 11.7. The number of rotatable bonds is 5. The van der Waals surface area contributed by atoms with Crippen LogP contribution in [-0.2, 0) is 4.74 Å². The molecule has 0 aromatic rings. The molecule has 2 rings (SSSR count). The van der Waals surface area contributed by atoms with Crippen molar-refractivity contribution in [1.82, 2.24) is 0 Å². The fourth-order valence-electron chi connectivity index (χ4n) is 2.93. The van der Waals surface area contributed by atoms with Crippen molar-refractivity contribution in [3.05, 3.63) is 11.6 Å². The first-order chi connectivity index (χ1) is 8.93. The molecule has 2 aliphatic rings. The van der Waals surface area contributed by atoms with E-state index in [1.165, 1.54) is 12.8 Å². The molecule has 4 atom stereocenters. The molecule has 0 aliphatic heterocycles. The van der Waals surface area contributed by atoms with Crippen LogP contribution in [-0.4, -0.2) is 18.3 Å². The molecule has 2 N–H and O–H groups in total. The van der Waals surface area contributed by atoms with Gasteiger partial charge in [-0.3, -0.25) is 0 Å². The second kappa shape index (κ2) is 5.50. The predicted octanol–water partition coefficient (Wildman–Crippen LogP) is 3.06. The molecule has 0 heterocycles. The monoisotopic (exact) mass is 266 g/mol. The van der Waals surface area contributed by atoms with Crippen molar-refractivity contribution in [3.8, 4) is 6.26 Å². The summed E-state index contributed by atoms with van der Waals surface area (Å²) >= 11 is 0. The van der Waals surface area contributed by atoms with E-state index in [1.54, 1.807) is 6.26 Å². The van der Waals surface area contributed by atoms with Gasteiger partial charge in [0.25, 0.3) is 6.26 Å². The molecule has 0 amide bonds. The van der Waals surface area contributed by atoms with Gasteiger partial charge < -0.3 is 10.5 Å². The Labute approximate surface area is 114 Å². The van der Waals surface area contributed by atoms with Crippen molar-refractivity contribution in [2.24, 2.45) is 17.1 Å². The third-order valence-electron chi connectivity index (χ3n) is 4.46. The highest BCUT2D eigenvalue weighted by molar-refractivity contribution is 5.19. The Kier molecular flexibility index (Phi) is 4.15. The highest BCUT2D eigenvalue weighted by Crippen LogP contribution is 2.51. The van der Waals surface area contributed by atoms with E-state index in [2.05, 4.69) is 6.92 Å². The van der Waals surface area contributed by atoms with Crippen molar-refractivity contribution in [2.75, 3.05) is 0 Å². The van der Waals surface area contributed by atoms with Gasteiger partial charge in [-0.15, -0.1) is 0 Å².